The van der Waals surface area contributed by atoms with Gasteiger partial charge in [-0.1, -0.05) is 6.07 Å². The maximum Gasteiger partial charge on any atom is 0.223 e. The normalized spacial score (nSPS) is 13.9. The number of carbonyl (C=O) groups is 1. The van der Waals surface area contributed by atoms with Crippen LogP contribution in [-0.2, 0) is 4.79 Å². The lowest BCUT2D eigenvalue weighted by Crippen LogP contribution is -1.95. The van der Waals surface area contributed by atoms with Crippen molar-refractivity contribution in [3.63, 3.8) is 0 Å². The molecular formula is C21H18FN3O4. The highest BCUT2D eigenvalue weighted by atomic mass is 19.1. The molecule has 0 radical (unpaired) electrons. The van der Waals surface area contributed by atoms with E-state index in [-0.39, 0.29) is 23.7 Å². The van der Waals surface area contributed by atoms with Gasteiger partial charge in [0, 0.05) is 11.3 Å². The lowest BCUT2D eigenvalue weighted by Gasteiger charge is -2.11. The summed E-state index contributed by atoms with van der Waals surface area (Å²) in [5, 5.41) is 13.2. The predicted molar refractivity (Wildman–Crippen MR) is 107 cm³/mol. The first-order valence-corrected chi connectivity index (χ1v) is 8.64. The molecule has 0 saturated heterocycles. The number of nitrogens with zero attached hydrogens (tertiary/aromatic N) is 3. The smallest absolute Gasteiger partial charge is 0.223 e. The van der Waals surface area contributed by atoms with E-state index in [9.17, 15) is 14.3 Å². The molecule has 0 atom stereocenters. The summed E-state index contributed by atoms with van der Waals surface area (Å²) in [6.45, 7) is 1.82. The number of methoxy groups -OCH3 is 2. The number of azide groups is 1. The van der Waals surface area contributed by atoms with E-state index >= 15 is 0 Å². The molecule has 0 aliphatic heterocycles. The molecule has 1 aliphatic carbocycles. The van der Waals surface area contributed by atoms with E-state index in [2.05, 4.69) is 10.0 Å². The predicted octanol–water partition coefficient (Wildman–Crippen LogP) is 5.10. The van der Waals surface area contributed by atoms with Crippen molar-refractivity contribution in [1.29, 1.82) is 0 Å². The van der Waals surface area contributed by atoms with Crippen LogP contribution < -0.4 is 9.47 Å². The van der Waals surface area contributed by atoms with Crippen LogP contribution in [0.4, 0.5) is 4.39 Å². The number of carbonyl (C=O) groups excluding carboxylic acids is 1. The first-order valence-electron chi connectivity index (χ1n) is 8.64. The molecule has 8 heteroatoms. The number of fused-ring (bicyclic) bond motifs is 1. The van der Waals surface area contributed by atoms with E-state index in [1.54, 1.807) is 18.2 Å². The number of rotatable bonds is 5. The fraction of sp³-hybridized carbons (Fsp3) is 0.190. The van der Waals surface area contributed by atoms with Crippen molar-refractivity contribution in [1.82, 2.24) is 0 Å². The highest BCUT2D eigenvalue weighted by molar-refractivity contribution is 6.08. The first kappa shape index (κ1) is 20.0. The molecule has 7 nitrogen and oxygen atoms in total. The fourth-order valence-electron chi connectivity index (χ4n) is 3.38. The minimum absolute atomic E-state index is 0.112. The van der Waals surface area contributed by atoms with Crippen LogP contribution >= 0.6 is 0 Å². The summed E-state index contributed by atoms with van der Waals surface area (Å²) in [6.07, 6.45) is 1.70. The van der Waals surface area contributed by atoms with Gasteiger partial charge in [0.25, 0.3) is 0 Å². The average molecular weight is 395 g/mol. The third kappa shape index (κ3) is 3.79. The van der Waals surface area contributed by atoms with Gasteiger partial charge < -0.3 is 14.6 Å². The van der Waals surface area contributed by atoms with Crippen molar-refractivity contribution < 1.29 is 23.8 Å². The Kier molecular flexibility index (Phi) is 5.57. The summed E-state index contributed by atoms with van der Waals surface area (Å²) in [7, 11) is 2.87. The first-order chi connectivity index (χ1) is 13.9. The summed E-state index contributed by atoms with van der Waals surface area (Å²) >= 11 is 0. The molecule has 0 unspecified atom stereocenters. The second kappa shape index (κ2) is 8.08. The van der Waals surface area contributed by atoms with Crippen molar-refractivity contribution in [2.24, 2.45) is 5.11 Å². The number of ether oxygens (including phenoxy) is 2. The molecule has 0 fully saturated rings. The molecule has 0 spiro atoms. The molecule has 0 heterocycles. The zero-order valence-electron chi connectivity index (χ0n) is 16.1. The van der Waals surface area contributed by atoms with Crippen LogP contribution in [0.3, 0.4) is 0 Å². The molecule has 2 aromatic rings. The molecule has 0 aromatic heterocycles. The Balaban J connectivity index is 2.18. The number of amides is 1. The van der Waals surface area contributed by atoms with Gasteiger partial charge in [0.2, 0.25) is 11.7 Å². The number of aromatic hydroxyl groups is 1. The third-order valence-corrected chi connectivity index (χ3v) is 4.75. The molecule has 3 rings (SSSR count). The van der Waals surface area contributed by atoms with Crippen LogP contribution in [0.1, 0.15) is 30.0 Å². The van der Waals surface area contributed by atoms with E-state index < -0.39 is 11.7 Å². The monoisotopic (exact) mass is 395 g/mol. The van der Waals surface area contributed by atoms with Gasteiger partial charge in [0.15, 0.2) is 11.5 Å². The number of phenols is 1. The van der Waals surface area contributed by atoms with E-state index in [1.165, 1.54) is 26.4 Å². The molecular weight excluding hydrogens is 377 g/mol. The standard InChI is InChI=1S/C21H18FN3O4/c1-11-15(6-12-7-18(28-2)21(27)19(8-12)29-3)14-5-4-13(22)9-17(14)16(11)10-20(26)24-25-23/h4-9,27H,10H2,1-3H3/b15-6-. The van der Waals surface area contributed by atoms with Gasteiger partial charge in [-0.3, -0.25) is 4.79 Å². The van der Waals surface area contributed by atoms with Crippen LogP contribution in [0.25, 0.3) is 27.7 Å². The van der Waals surface area contributed by atoms with Gasteiger partial charge >= 0.3 is 0 Å². The largest absolute Gasteiger partial charge is 0.502 e. The van der Waals surface area contributed by atoms with Crippen LogP contribution in [-0.4, -0.2) is 25.2 Å². The van der Waals surface area contributed by atoms with E-state index in [4.69, 9.17) is 15.0 Å². The van der Waals surface area contributed by atoms with Gasteiger partial charge in [-0.15, -0.1) is 0 Å². The Bertz CT molecular complexity index is 1090. The van der Waals surface area contributed by atoms with Crippen molar-refractivity contribution in [3.05, 3.63) is 68.9 Å². The Morgan fingerprint density at radius 3 is 2.45 bits per heavy atom. The topological polar surface area (TPSA) is 105 Å². The minimum atomic E-state index is -0.647. The maximum absolute atomic E-state index is 13.9. The third-order valence-electron chi connectivity index (χ3n) is 4.75. The van der Waals surface area contributed by atoms with Crippen molar-refractivity contribution in [2.75, 3.05) is 14.2 Å². The van der Waals surface area contributed by atoms with Crippen molar-refractivity contribution in [3.8, 4) is 17.2 Å². The lowest BCUT2D eigenvalue weighted by atomic mass is 10.00. The van der Waals surface area contributed by atoms with E-state index in [1.807, 2.05) is 13.0 Å². The highest BCUT2D eigenvalue weighted by Crippen LogP contribution is 2.45. The summed E-state index contributed by atoms with van der Waals surface area (Å²) in [5.74, 6) is -0.701. The lowest BCUT2D eigenvalue weighted by molar-refractivity contribution is -0.116. The van der Waals surface area contributed by atoms with Crippen LogP contribution in [0.15, 0.2) is 41.0 Å². The van der Waals surface area contributed by atoms with E-state index in [0.29, 0.717) is 16.7 Å². The van der Waals surface area contributed by atoms with Crippen LogP contribution in [0.2, 0.25) is 0 Å². The molecule has 148 valence electrons. The highest BCUT2D eigenvalue weighted by Gasteiger charge is 2.25. The Labute approximate surface area is 166 Å². The fourth-order valence-corrected chi connectivity index (χ4v) is 3.38. The number of phenolic OH excluding ortho intramolecular Hbond substituents is 1. The van der Waals surface area contributed by atoms with Gasteiger partial charge in [-0.25, -0.2) is 4.39 Å². The minimum Gasteiger partial charge on any atom is -0.502 e. The molecule has 0 saturated carbocycles. The summed E-state index contributed by atoms with van der Waals surface area (Å²) in [5.41, 5.74) is 12.6. The summed E-state index contributed by atoms with van der Waals surface area (Å²) in [6, 6.07) is 7.63. The molecule has 2 aromatic carbocycles. The second-order valence-electron chi connectivity index (χ2n) is 6.39. The molecule has 29 heavy (non-hydrogen) atoms. The summed E-state index contributed by atoms with van der Waals surface area (Å²) in [4.78, 5) is 14.4. The molecule has 1 aliphatic rings. The number of halogens is 1. The summed E-state index contributed by atoms with van der Waals surface area (Å²) < 4.78 is 24.3. The Hall–Kier alpha value is -3.77. The average Bonchev–Trinajstić information content (AvgIpc) is 2.94. The number of hydrogen-bond donors (Lipinski definition) is 1. The number of hydrogen-bond acceptors (Lipinski definition) is 4. The van der Waals surface area contributed by atoms with Gasteiger partial charge in [0.05, 0.1) is 14.2 Å². The van der Waals surface area contributed by atoms with E-state index in [0.717, 1.165) is 16.7 Å². The SMILES string of the molecule is COc1cc(/C=C2/C(C)=C(CC(=O)N=[N+]=[N-])c3cc(F)ccc32)cc(OC)c1O. The molecule has 1 amide bonds. The molecule has 0 bridgehead atoms. The molecule has 1 N–H and O–H groups in total. The van der Waals surface area contributed by atoms with Crippen molar-refractivity contribution in [2.45, 2.75) is 13.3 Å². The number of allylic oxidation sites excluding steroid dienone is 2. The zero-order chi connectivity index (χ0) is 21.1. The van der Waals surface area contributed by atoms with Gasteiger partial charge in [-0.05, 0) is 81.3 Å². The quantitative estimate of drug-likeness (QED) is 0.432. The van der Waals surface area contributed by atoms with Crippen LogP contribution in [0.5, 0.6) is 17.2 Å². The Morgan fingerprint density at radius 2 is 1.86 bits per heavy atom. The van der Waals surface area contributed by atoms with Crippen LogP contribution in [0, 0.1) is 5.82 Å². The van der Waals surface area contributed by atoms with Gasteiger partial charge in [0.1, 0.15) is 5.82 Å². The zero-order valence-corrected chi connectivity index (χ0v) is 16.1. The van der Waals surface area contributed by atoms with Crippen molar-refractivity contribution >= 4 is 23.1 Å². The maximum atomic E-state index is 13.9. The Morgan fingerprint density at radius 1 is 1.21 bits per heavy atom. The second-order valence-corrected chi connectivity index (χ2v) is 6.39. The van der Waals surface area contributed by atoms with Gasteiger partial charge in [-0.2, -0.15) is 0 Å². The number of benzene rings is 2.